The minimum Gasteiger partial charge on any atom is -0.493 e. The second-order valence-electron chi connectivity index (χ2n) is 6.82. The van der Waals surface area contributed by atoms with E-state index in [1.165, 1.54) is 5.57 Å². The van der Waals surface area contributed by atoms with E-state index in [0.717, 1.165) is 31.2 Å². The minimum atomic E-state index is -0.129. The third kappa shape index (κ3) is 3.54. The minimum absolute atomic E-state index is 0.00756. The lowest BCUT2D eigenvalue weighted by atomic mass is 9.88. The van der Waals surface area contributed by atoms with Gasteiger partial charge in [-0.2, -0.15) is 0 Å². The molecule has 1 atom stereocenters. The zero-order chi connectivity index (χ0) is 18.7. The zero-order valence-electron chi connectivity index (χ0n) is 15.6. The van der Waals surface area contributed by atoms with Crippen molar-refractivity contribution in [1.29, 1.82) is 0 Å². The summed E-state index contributed by atoms with van der Waals surface area (Å²) >= 11 is 0. The standard InChI is InChI=1S/C20H26N2O4/c1-22-16-7-5-4-6-14(16)15(20(22)24)11-19(23)21-12-13-8-9-17(25-2)18(10-13)26-3/h8-10,16H,4-7,11-12H2,1-3H3,(H,21,23). The molecule has 140 valence electrons. The molecule has 0 aromatic heterocycles. The Morgan fingerprint density at radius 3 is 2.73 bits per heavy atom. The molecule has 1 aromatic carbocycles. The van der Waals surface area contributed by atoms with Crippen LogP contribution in [0.2, 0.25) is 0 Å². The molecule has 6 nitrogen and oxygen atoms in total. The number of benzene rings is 1. The molecule has 1 N–H and O–H groups in total. The summed E-state index contributed by atoms with van der Waals surface area (Å²) in [7, 11) is 5.01. The fourth-order valence-corrected chi connectivity index (χ4v) is 3.87. The summed E-state index contributed by atoms with van der Waals surface area (Å²) in [5, 5.41) is 2.91. The van der Waals surface area contributed by atoms with Crippen LogP contribution in [0.1, 0.15) is 37.7 Å². The van der Waals surface area contributed by atoms with Crippen molar-refractivity contribution in [3.8, 4) is 11.5 Å². The molecule has 0 spiro atoms. The van der Waals surface area contributed by atoms with Gasteiger partial charge in [0, 0.05) is 19.2 Å². The third-order valence-electron chi connectivity index (χ3n) is 5.28. The molecule has 0 radical (unpaired) electrons. The average molecular weight is 358 g/mol. The van der Waals surface area contributed by atoms with Gasteiger partial charge < -0.3 is 19.7 Å². The van der Waals surface area contributed by atoms with Crippen molar-refractivity contribution in [2.24, 2.45) is 0 Å². The Balaban J connectivity index is 1.63. The number of amides is 2. The van der Waals surface area contributed by atoms with E-state index in [1.807, 2.05) is 25.2 Å². The summed E-state index contributed by atoms with van der Waals surface area (Å²) in [5.74, 6) is 1.16. The first-order valence-corrected chi connectivity index (χ1v) is 9.01. The first-order valence-electron chi connectivity index (χ1n) is 9.01. The smallest absolute Gasteiger partial charge is 0.250 e. The maximum absolute atomic E-state index is 12.5. The van der Waals surface area contributed by atoms with E-state index in [-0.39, 0.29) is 24.3 Å². The van der Waals surface area contributed by atoms with Gasteiger partial charge in [0.2, 0.25) is 5.91 Å². The van der Waals surface area contributed by atoms with Crippen LogP contribution in [-0.4, -0.2) is 44.0 Å². The molecular formula is C20H26N2O4. The molecule has 3 rings (SSSR count). The Bertz CT molecular complexity index is 741. The van der Waals surface area contributed by atoms with Crippen molar-refractivity contribution < 1.29 is 19.1 Å². The molecule has 1 fully saturated rings. The Kier molecular flexibility index (Phi) is 5.49. The van der Waals surface area contributed by atoms with Crippen molar-refractivity contribution >= 4 is 11.8 Å². The lowest BCUT2D eigenvalue weighted by Gasteiger charge is -2.26. The highest BCUT2D eigenvalue weighted by atomic mass is 16.5. The van der Waals surface area contributed by atoms with Gasteiger partial charge in [-0.05, 0) is 42.5 Å². The number of nitrogens with one attached hydrogen (secondary N) is 1. The number of rotatable bonds is 6. The molecule has 1 saturated carbocycles. The number of nitrogens with zero attached hydrogens (tertiary/aromatic N) is 1. The van der Waals surface area contributed by atoms with E-state index >= 15 is 0 Å². The molecule has 0 saturated heterocycles. The second-order valence-corrected chi connectivity index (χ2v) is 6.82. The highest BCUT2D eigenvalue weighted by molar-refractivity contribution is 6.02. The predicted molar refractivity (Wildman–Crippen MR) is 98.1 cm³/mol. The van der Waals surface area contributed by atoms with Crippen LogP contribution >= 0.6 is 0 Å². The lowest BCUT2D eigenvalue weighted by molar-refractivity contribution is -0.128. The average Bonchev–Trinajstić information content (AvgIpc) is 2.91. The predicted octanol–water partition coefficient (Wildman–Crippen LogP) is 2.42. The number of likely N-dealkylation sites (N-methyl/N-ethyl adjacent to an activating group) is 1. The van der Waals surface area contributed by atoms with Crippen molar-refractivity contribution in [3.63, 3.8) is 0 Å². The molecule has 1 aliphatic carbocycles. The quantitative estimate of drug-likeness (QED) is 0.848. The molecular weight excluding hydrogens is 332 g/mol. The molecule has 0 bridgehead atoms. The molecule has 1 aliphatic heterocycles. The Labute approximate surface area is 154 Å². The second kappa shape index (κ2) is 7.81. The van der Waals surface area contributed by atoms with Gasteiger partial charge in [-0.15, -0.1) is 0 Å². The van der Waals surface area contributed by atoms with Crippen LogP contribution in [0.15, 0.2) is 29.3 Å². The zero-order valence-corrected chi connectivity index (χ0v) is 15.6. The highest BCUT2D eigenvalue weighted by Crippen LogP contribution is 2.36. The maximum Gasteiger partial charge on any atom is 0.250 e. The van der Waals surface area contributed by atoms with Gasteiger partial charge in [0.1, 0.15) is 0 Å². The number of fused-ring (bicyclic) bond motifs is 1. The molecule has 1 heterocycles. The summed E-state index contributed by atoms with van der Waals surface area (Å²) in [4.78, 5) is 26.7. The van der Waals surface area contributed by atoms with Crippen molar-refractivity contribution in [2.75, 3.05) is 21.3 Å². The molecule has 26 heavy (non-hydrogen) atoms. The number of carbonyl (C=O) groups excluding carboxylic acids is 2. The van der Waals surface area contributed by atoms with Gasteiger partial charge in [0.25, 0.3) is 5.91 Å². The SMILES string of the molecule is COc1ccc(CNC(=O)CC2=C3CCCCC3N(C)C2=O)cc1OC. The van der Waals surface area contributed by atoms with Crippen LogP contribution in [0.3, 0.4) is 0 Å². The number of carbonyl (C=O) groups is 2. The van der Waals surface area contributed by atoms with Crippen LogP contribution in [0, 0.1) is 0 Å². The number of ether oxygens (including phenoxy) is 2. The first kappa shape index (κ1) is 18.3. The molecule has 6 heteroatoms. The largest absolute Gasteiger partial charge is 0.493 e. The fourth-order valence-electron chi connectivity index (χ4n) is 3.87. The summed E-state index contributed by atoms with van der Waals surface area (Å²) in [6.07, 6.45) is 4.34. The molecule has 2 amide bonds. The Morgan fingerprint density at radius 2 is 2.00 bits per heavy atom. The summed E-state index contributed by atoms with van der Waals surface area (Å²) in [5.41, 5.74) is 2.78. The molecule has 1 unspecified atom stereocenters. The third-order valence-corrected chi connectivity index (χ3v) is 5.28. The molecule has 2 aliphatic rings. The van der Waals surface area contributed by atoms with Gasteiger partial charge in [-0.3, -0.25) is 9.59 Å². The number of methoxy groups -OCH3 is 2. The van der Waals surface area contributed by atoms with Gasteiger partial charge in [-0.1, -0.05) is 12.5 Å². The van der Waals surface area contributed by atoms with E-state index in [4.69, 9.17) is 9.47 Å². The summed E-state index contributed by atoms with van der Waals surface area (Å²) in [6, 6.07) is 5.74. The van der Waals surface area contributed by atoms with E-state index in [1.54, 1.807) is 19.1 Å². The van der Waals surface area contributed by atoms with E-state index in [9.17, 15) is 9.59 Å². The van der Waals surface area contributed by atoms with Crippen molar-refractivity contribution in [3.05, 3.63) is 34.9 Å². The monoisotopic (exact) mass is 358 g/mol. The van der Waals surface area contributed by atoms with Crippen LogP contribution in [0.25, 0.3) is 0 Å². The van der Waals surface area contributed by atoms with Crippen LogP contribution < -0.4 is 14.8 Å². The Hall–Kier alpha value is -2.50. The van der Waals surface area contributed by atoms with Crippen LogP contribution in [-0.2, 0) is 16.1 Å². The number of hydrogen-bond acceptors (Lipinski definition) is 4. The fraction of sp³-hybridized carbons (Fsp3) is 0.500. The van der Waals surface area contributed by atoms with Crippen molar-refractivity contribution in [2.45, 2.75) is 44.7 Å². The van der Waals surface area contributed by atoms with Gasteiger partial charge in [-0.25, -0.2) is 0 Å². The van der Waals surface area contributed by atoms with E-state index in [2.05, 4.69) is 5.32 Å². The van der Waals surface area contributed by atoms with Gasteiger partial charge in [0.05, 0.1) is 26.7 Å². The van der Waals surface area contributed by atoms with E-state index < -0.39 is 0 Å². The Morgan fingerprint density at radius 1 is 1.23 bits per heavy atom. The number of hydrogen-bond donors (Lipinski definition) is 1. The molecule has 1 aromatic rings. The summed E-state index contributed by atoms with van der Waals surface area (Å²) in [6.45, 7) is 0.384. The summed E-state index contributed by atoms with van der Waals surface area (Å²) < 4.78 is 10.5. The lowest BCUT2D eigenvalue weighted by Crippen LogP contribution is -2.33. The van der Waals surface area contributed by atoms with Crippen molar-refractivity contribution in [1.82, 2.24) is 10.2 Å². The van der Waals surface area contributed by atoms with E-state index in [0.29, 0.717) is 23.6 Å². The highest BCUT2D eigenvalue weighted by Gasteiger charge is 2.38. The topological polar surface area (TPSA) is 67.9 Å². The van der Waals surface area contributed by atoms with Gasteiger partial charge >= 0.3 is 0 Å². The van der Waals surface area contributed by atoms with Crippen LogP contribution in [0.4, 0.5) is 0 Å². The first-order chi connectivity index (χ1) is 12.5. The van der Waals surface area contributed by atoms with Crippen LogP contribution in [0.5, 0.6) is 11.5 Å². The van der Waals surface area contributed by atoms with Gasteiger partial charge in [0.15, 0.2) is 11.5 Å². The normalized spacial score (nSPS) is 19.4. The maximum atomic E-state index is 12.5.